The zero-order chi connectivity index (χ0) is 13.3. The summed E-state index contributed by atoms with van der Waals surface area (Å²) in [6, 6.07) is 10.8. The van der Waals surface area contributed by atoms with E-state index in [1.54, 1.807) is 30.5 Å². The van der Waals surface area contributed by atoms with Crippen LogP contribution in [0.5, 0.6) is 11.6 Å². The van der Waals surface area contributed by atoms with E-state index in [0.29, 0.717) is 11.6 Å². The van der Waals surface area contributed by atoms with Gasteiger partial charge in [0.1, 0.15) is 5.75 Å². The van der Waals surface area contributed by atoms with Crippen molar-refractivity contribution in [2.45, 2.75) is 13.5 Å². The van der Waals surface area contributed by atoms with Crippen LogP contribution in [0.15, 0.2) is 42.6 Å². The smallest absolute Gasteiger partial charge is 0.406 e. The molecule has 1 unspecified atom stereocenters. The molecule has 1 aromatic heterocycles. The number of aromatic nitrogens is 1. The first kappa shape index (κ1) is 12.4. The molecule has 5 nitrogen and oxygen atoms in total. The highest BCUT2D eigenvalue weighted by Crippen LogP contribution is 2.60. The first-order valence-corrected chi connectivity index (χ1v) is 7.30. The third-order valence-electron chi connectivity index (χ3n) is 2.61. The van der Waals surface area contributed by atoms with Crippen LogP contribution in [0.3, 0.4) is 0 Å². The molecule has 1 aliphatic heterocycles. The molecule has 0 bridgehead atoms. The average molecular weight is 278 g/mol. The van der Waals surface area contributed by atoms with Gasteiger partial charge in [-0.1, -0.05) is 18.2 Å². The lowest BCUT2D eigenvalue weighted by Crippen LogP contribution is -2.18. The molecule has 0 spiro atoms. The Balaban J connectivity index is 1.82. The summed E-state index contributed by atoms with van der Waals surface area (Å²) in [5, 5.41) is 0. The van der Waals surface area contributed by atoms with Crippen molar-refractivity contribution < 1.29 is 18.5 Å². The Morgan fingerprint density at radius 3 is 2.89 bits per heavy atom. The molecule has 2 heterocycles. The molecular formula is C13H13NO4P. The second kappa shape index (κ2) is 4.78. The van der Waals surface area contributed by atoms with Gasteiger partial charge in [0.25, 0.3) is 0 Å². The van der Waals surface area contributed by atoms with Crippen molar-refractivity contribution in [3.05, 3.63) is 53.7 Å². The van der Waals surface area contributed by atoms with Crippen LogP contribution < -0.4 is 9.05 Å². The minimum absolute atomic E-state index is 0.223. The zero-order valence-electron chi connectivity index (χ0n) is 10.3. The Labute approximate surface area is 111 Å². The zero-order valence-corrected chi connectivity index (χ0v) is 11.2. The highest BCUT2D eigenvalue weighted by molar-refractivity contribution is 7.56. The summed E-state index contributed by atoms with van der Waals surface area (Å²) in [4.78, 5) is 14.4. The minimum Gasteiger partial charge on any atom is -0.406 e. The maximum absolute atomic E-state index is 10.2. The van der Waals surface area contributed by atoms with Crippen molar-refractivity contribution >= 4 is 8.17 Å². The Morgan fingerprint density at radius 1 is 1.32 bits per heavy atom. The molecule has 1 aliphatic rings. The summed E-state index contributed by atoms with van der Waals surface area (Å²) >= 11 is 0. The summed E-state index contributed by atoms with van der Waals surface area (Å²) in [5.74, 6) is 0.859. The van der Waals surface area contributed by atoms with Crippen molar-refractivity contribution in [3.8, 4) is 11.6 Å². The molecule has 6 heteroatoms. The quantitative estimate of drug-likeness (QED) is 0.855. The van der Waals surface area contributed by atoms with Crippen molar-refractivity contribution in [3.63, 3.8) is 0 Å². The monoisotopic (exact) mass is 278 g/mol. The lowest BCUT2D eigenvalue weighted by atomic mass is 10.2. The number of para-hydroxylation sites is 1. The molecule has 1 N–H and O–H groups in total. The van der Waals surface area contributed by atoms with E-state index in [9.17, 15) is 4.89 Å². The van der Waals surface area contributed by atoms with Gasteiger partial charge >= 0.3 is 8.17 Å². The van der Waals surface area contributed by atoms with Crippen LogP contribution in [0, 0.1) is 6.92 Å². The highest BCUT2D eigenvalue weighted by Gasteiger charge is 2.39. The van der Waals surface area contributed by atoms with Crippen LogP contribution in [0.25, 0.3) is 0 Å². The Hall–Kier alpha value is -1.68. The Bertz CT molecular complexity index is 592. The van der Waals surface area contributed by atoms with Crippen molar-refractivity contribution in [1.29, 1.82) is 0 Å². The fourth-order valence-corrected chi connectivity index (χ4v) is 2.97. The van der Waals surface area contributed by atoms with E-state index in [2.05, 4.69) is 4.98 Å². The van der Waals surface area contributed by atoms with Gasteiger partial charge in [-0.15, -0.1) is 0 Å². The number of pyridine rings is 1. The van der Waals surface area contributed by atoms with Gasteiger partial charge in [-0.25, -0.2) is 4.98 Å². The molecule has 1 radical (unpaired) electrons. The van der Waals surface area contributed by atoms with Crippen molar-refractivity contribution in [1.82, 2.24) is 4.98 Å². The highest BCUT2D eigenvalue weighted by atomic mass is 31.2. The van der Waals surface area contributed by atoms with E-state index >= 15 is 0 Å². The molecule has 3 rings (SSSR count). The number of rotatable bonds is 2. The van der Waals surface area contributed by atoms with Crippen LogP contribution in [-0.4, -0.2) is 9.88 Å². The van der Waals surface area contributed by atoms with Crippen LogP contribution in [0.1, 0.15) is 11.1 Å². The Kier molecular flexibility index (Phi) is 3.11. The summed E-state index contributed by atoms with van der Waals surface area (Å²) < 4.78 is 16.1. The number of nitrogens with zero attached hydrogens (tertiary/aromatic N) is 1. The molecule has 19 heavy (non-hydrogen) atoms. The summed E-state index contributed by atoms with van der Waals surface area (Å²) in [6.45, 7) is 2.16. The molecule has 1 aromatic carbocycles. The SMILES string of the molecule is Cc1cnc2c(c1)CO[P](O)(Oc1ccccc1)O2. The van der Waals surface area contributed by atoms with Crippen molar-refractivity contribution in [2.24, 2.45) is 0 Å². The number of benzene rings is 1. The molecule has 99 valence electrons. The lowest BCUT2D eigenvalue weighted by Gasteiger charge is -2.31. The van der Waals surface area contributed by atoms with Gasteiger partial charge < -0.3 is 9.05 Å². The molecule has 0 amide bonds. The predicted octanol–water partition coefficient (Wildman–Crippen LogP) is 3.05. The van der Waals surface area contributed by atoms with Gasteiger partial charge in [0.2, 0.25) is 5.88 Å². The Morgan fingerprint density at radius 2 is 2.11 bits per heavy atom. The van der Waals surface area contributed by atoms with E-state index in [0.717, 1.165) is 11.1 Å². The molecular weight excluding hydrogens is 265 g/mol. The van der Waals surface area contributed by atoms with E-state index in [-0.39, 0.29) is 6.61 Å². The molecule has 0 saturated heterocycles. The van der Waals surface area contributed by atoms with Gasteiger partial charge in [0, 0.05) is 11.8 Å². The maximum atomic E-state index is 10.2. The van der Waals surface area contributed by atoms with E-state index in [1.165, 1.54) is 0 Å². The van der Waals surface area contributed by atoms with Crippen molar-refractivity contribution in [2.75, 3.05) is 0 Å². The summed E-state index contributed by atoms with van der Waals surface area (Å²) in [7, 11) is -3.40. The van der Waals surface area contributed by atoms with E-state index < -0.39 is 8.17 Å². The number of hydrogen-bond donors (Lipinski definition) is 1. The molecule has 0 aliphatic carbocycles. The van der Waals surface area contributed by atoms with Crippen LogP contribution >= 0.6 is 8.17 Å². The van der Waals surface area contributed by atoms with Crippen LogP contribution in [0.4, 0.5) is 0 Å². The number of aryl methyl sites for hydroxylation is 1. The predicted molar refractivity (Wildman–Crippen MR) is 70.6 cm³/mol. The normalized spacial score (nSPS) is 21.4. The summed E-state index contributed by atoms with van der Waals surface area (Å²) in [6.07, 6.45) is 1.68. The fourth-order valence-electron chi connectivity index (χ4n) is 1.75. The van der Waals surface area contributed by atoms with E-state index in [4.69, 9.17) is 13.6 Å². The second-order valence-electron chi connectivity index (χ2n) is 4.21. The lowest BCUT2D eigenvalue weighted by molar-refractivity contribution is 0.145. The molecule has 0 saturated carbocycles. The summed E-state index contributed by atoms with van der Waals surface area (Å²) in [5.41, 5.74) is 1.82. The average Bonchev–Trinajstić information content (AvgIpc) is 2.40. The minimum atomic E-state index is -3.40. The van der Waals surface area contributed by atoms with Gasteiger partial charge in [0.15, 0.2) is 0 Å². The fraction of sp³-hybridized carbons (Fsp3) is 0.154. The standard InChI is InChI=1S/C13H13NO4P/c1-10-7-11-9-16-19(15,18-13(11)14-8-10)17-12-5-3-2-4-6-12/h2-8,15H,9H2,1H3. The van der Waals surface area contributed by atoms with Gasteiger partial charge in [-0.3, -0.25) is 9.42 Å². The topological polar surface area (TPSA) is 60.8 Å². The number of hydrogen-bond acceptors (Lipinski definition) is 5. The molecule has 0 fully saturated rings. The van der Waals surface area contributed by atoms with Crippen LogP contribution in [0.2, 0.25) is 0 Å². The van der Waals surface area contributed by atoms with Gasteiger partial charge in [-0.05, 0) is 30.7 Å². The van der Waals surface area contributed by atoms with Gasteiger partial charge in [0.05, 0.1) is 6.61 Å². The maximum Gasteiger partial charge on any atom is 0.492 e. The van der Waals surface area contributed by atoms with E-state index in [1.807, 2.05) is 19.1 Å². The first-order chi connectivity index (χ1) is 9.15. The van der Waals surface area contributed by atoms with Gasteiger partial charge in [-0.2, -0.15) is 0 Å². The third kappa shape index (κ3) is 2.68. The largest absolute Gasteiger partial charge is 0.492 e. The van der Waals surface area contributed by atoms with Crippen LogP contribution in [-0.2, 0) is 11.1 Å². The third-order valence-corrected chi connectivity index (χ3v) is 3.91. The molecule has 2 aromatic rings. The first-order valence-electron chi connectivity index (χ1n) is 5.81. The second-order valence-corrected chi connectivity index (χ2v) is 5.78. The number of fused-ring (bicyclic) bond motifs is 1. The molecule has 1 atom stereocenters.